The quantitative estimate of drug-likeness (QED) is 0.410. The number of halogens is 3. The van der Waals surface area contributed by atoms with Crippen molar-refractivity contribution >= 4 is 49.2 Å². The fraction of sp³-hybridized carbons (Fsp3) is 0.143. The lowest BCUT2D eigenvalue weighted by atomic mass is 10.0. The summed E-state index contributed by atoms with van der Waals surface area (Å²) in [5, 5.41) is 7.77. The van der Waals surface area contributed by atoms with Crippen LogP contribution in [0.4, 0.5) is 28.8 Å². The summed E-state index contributed by atoms with van der Waals surface area (Å²) in [5.41, 5.74) is 2.66. The highest BCUT2D eigenvalue weighted by Gasteiger charge is 2.30. The van der Waals surface area contributed by atoms with E-state index in [1.807, 2.05) is 12.1 Å². The van der Waals surface area contributed by atoms with Gasteiger partial charge >= 0.3 is 12.2 Å². The van der Waals surface area contributed by atoms with Gasteiger partial charge in [-0.05, 0) is 53.6 Å². The van der Waals surface area contributed by atoms with Gasteiger partial charge < -0.3 is 5.32 Å². The molecule has 29 heavy (non-hydrogen) atoms. The van der Waals surface area contributed by atoms with Crippen LogP contribution in [0.3, 0.4) is 0 Å². The number of nitrogens with one attached hydrogen (secondary N) is 2. The first-order chi connectivity index (χ1) is 13.9. The van der Waals surface area contributed by atoms with Crippen molar-refractivity contribution in [2.45, 2.75) is 19.0 Å². The van der Waals surface area contributed by atoms with E-state index in [-0.39, 0.29) is 5.69 Å². The number of benzene rings is 3. The van der Waals surface area contributed by atoms with Crippen molar-refractivity contribution in [3.8, 4) is 0 Å². The number of anilines is 2. The van der Waals surface area contributed by atoms with Crippen LogP contribution >= 0.6 is 11.3 Å². The van der Waals surface area contributed by atoms with Gasteiger partial charge in [0.2, 0.25) is 0 Å². The minimum absolute atomic E-state index is 0.0604. The van der Waals surface area contributed by atoms with E-state index in [2.05, 4.69) is 27.8 Å². The highest BCUT2D eigenvalue weighted by molar-refractivity contribution is 7.22. The molecule has 1 heterocycles. The smallest absolute Gasteiger partial charge is 0.308 e. The number of fused-ring (bicyclic) bond motifs is 2. The van der Waals surface area contributed by atoms with Crippen LogP contribution in [-0.4, -0.2) is 11.0 Å². The maximum atomic E-state index is 12.8. The molecule has 1 aliphatic carbocycles. The van der Waals surface area contributed by atoms with Crippen LogP contribution in [0.25, 0.3) is 21.0 Å². The molecule has 5 rings (SSSR count). The van der Waals surface area contributed by atoms with E-state index in [1.165, 1.54) is 40.0 Å². The molecule has 3 aromatic carbocycles. The van der Waals surface area contributed by atoms with Crippen molar-refractivity contribution in [1.82, 2.24) is 4.98 Å². The summed E-state index contributed by atoms with van der Waals surface area (Å²) in [7, 11) is 0. The molecule has 4 nitrogen and oxygen atoms in total. The van der Waals surface area contributed by atoms with Gasteiger partial charge in [-0.3, -0.25) is 5.32 Å². The molecule has 1 aromatic heterocycles. The van der Waals surface area contributed by atoms with E-state index in [4.69, 9.17) is 0 Å². The number of hydrogen-bond donors (Lipinski definition) is 2. The molecule has 4 aromatic rings. The molecule has 0 bridgehead atoms. The van der Waals surface area contributed by atoms with Crippen LogP contribution in [0.15, 0.2) is 48.5 Å². The molecule has 2 amide bonds. The second kappa shape index (κ2) is 6.45. The van der Waals surface area contributed by atoms with Crippen molar-refractivity contribution in [2.24, 2.45) is 0 Å². The number of thiazole rings is 1. The summed E-state index contributed by atoms with van der Waals surface area (Å²) in [6, 6.07) is 12.1. The fourth-order valence-corrected chi connectivity index (χ4v) is 4.73. The lowest BCUT2D eigenvalue weighted by Crippen LogP contribution is -2.19. The van der Waals surface area contributed by atoms with Crippen molar-refractivity contribution in [3.05, 3.63) is 65.2 Å². The number of carbonyl (C=O) groups excluding carboxylic acids is 1. The second-order valence-electron chi connectivity index (χ2n) is 6.90. The Morgan fingerprint density at radius 2 is 1.79 bits per heavy atom. The van der Waals surface area contributed by atoms with Crippen LogP contribution in [-0.2, 0) is 19.0 Å². The minimum Gasteiger partial charge on any atom is -0.308 e. The molecule has 0 saturated heterocycles. The summed E-state index contributed by atoms with van der Waals surface area (Å²) in [5.74, 6) is 0. The summed E-state index contributed by atoms with van der Waals surface area (Å²) in [6.45, 7) is 0. The highest BCUT2D eigenvalue weighted by Crippen LogP contribution is 2.39. The van der Waals surface area contributed by atoms with Crippen LogP contribution < -0.4 is 10.6 Å². The molecule has 0 spiro atoms. The van der Waals surface area contributed by atoms with Crippen molar-refractivity contribution in [2.75, 3.05) is 10.6 Å². The highest BCUT2D eigenvalue weighted by atomic mass is 32.1. The zero-order valence-corrected chi connectivity index (χ0v) is 15.7. The van der Waals surface area contributed by atoms with Crippen LogP contribution in [0.1, 0.15) is 16.7 Å². The van der Waals surface area contributed by atoms with Crippen LogP contribution in [0.5, 0.6) is 0 Å². The SMILES string of the molecule is O=C(Nc1cccc(C(F)(F)F)c1)Nc1nc2c(cc3c4c(cccc42)CC3)s1. The third-order valence-corrected chi connectivity index (χ3v) is 5.94. The molecular weight excluding hydrogens is 399 g/mol. The summed E-state index contributed by atoms with van der Waals surface area (Å²) in [6.07, 6.45) is -2.46. The zero-order chi connectivity index (χ0) is 20.2. The Labute approximate surface area is 167 Å². The van der Waals surface area contributed by atoms with E-state index in [9.17, 15) is 18.0 Å². The average Bonchev–Trinajstić information content (AvgIpc) is 3.26. The Morgan fingerprint density at radius 3 is 2.62 bits per heavy atom. The van der Waals surface area contributed by atoms with Gasteiger partial charge in [-0.2, -0.15) is 13.2 Å². The lowest BCUT2D eigenvalue weighted by Gasteiger charge is -2.09. The van der Waals surface area contributed by atoms with E-state index in [1.54, 1.807) is 0 Å². The van der Waals surface area contributed by atoms with Gasteiger partial charge in [-0.25, -0.2) is 9.78 Å². The van der Waals surface area contributed by atoms with Gasteiger partial charge in [-0.1, -0.05) is 35.6 Å². The molecule has 0 unspecified atom stereocenters. The largest absolute Gasteiger partial charge is 0.416 e. The molecule has 8 heteroatoms. The second-order valence-corrected chi connectivity index (χ2v) is 7.93. The Hall–Kier alpha value is -3.13. The van der Waals surface area contributed by atoms with E-state index >= 15 is 0 Å². The molecular formula is C21H14F3N3OS. The predicted octanol–water partition coefficient (Wildman–Crippen LogP) is 6.21. The molecule has 0 fully saturated rings. The lowest BCUT2D eigenvalue weighted by molar-refractivity contribution is -0.137. The molecule has 0 saturated carbocycles. The number of aromatic nitrogens is 1. The molecule has 2 N–H and O–H groups in total. The molecule has 1 aliphatic rings. The zero-order valence-electron chi connectivity index (χ0n) is 14.9. The van der Waals surface area contributed by atoms with E-state index in [0.29, 0.717) is 5.13 Å². The molecule has 0 aliphatic heterocycles. The number of hydrogen-bond acceptors (Lipinski definition) is 3. The van der Waals surface area contributed by atoms with Crippen LogP contribution in [0.2, 0.25) is 0 Å². The molecule has 0 atom stereocenters. The number of urea groups is 1. The Balaban J connectivity index is 1.42. The van der Waals surface area contributed by atoms with E-state index in [0.717, 1.165) is 40.6 Å². The topological polar surface area (TPSA) is 54.0 Å². The Bertz CT molecular complexity index is 1280. The van der Waals surface area contributed by atoms with E-state index < -0.39 is 17.8 Å². The number of alkyl halides is 3. The van der Waals surface area contributed by atoms with Gasteiger partial charge in [0, 0.05) is 11.1 Å². The Kier molecular flexibility index (Phi) is 3.99. The van der Waals surface area contributed by atoms with Gasteiger partial charge in [0.15, 0.2) is 5.13 Å². The summed E-state index contributed by atoms with van der Waals surface area (Å²) >= 11 is 1.35. The minimum atomic E-state index is -4.47. The van der Waals surface area contributed by atoms with Crippen molar-refractivity contribution in [1.29, 1.82) is 0 Å². The maximum Gasteiger partial charge on any atom is 0.416 e. The average molecular weight is 413 g/mol. The number of amides is 2. The predicted molar refractivity (Wildman–Crippen MR) is 109 cm³/mol. The molecule has 146 valence electrons. The number of aryl methyl sites for hydroxylation is 2. The first-order valence-corrected chi connectivity index (χ1v) is 9.79. The number of nitrogens with zero attached hydrogens (tertiary/aromatic N) is 1. The third kappa shape index (κ3) is 3.19. The van der Waals surface area contributed by atoms with Gasteiger partial charge in [0.25, 0.3) is 0 Å². The summed E-state index contributed by atoms with van der Waals surface area (Å²) in [4.78, 5) is 16.8. The van der Waals surface area contributed by atoms with Crippen molar-refractivity contribution in [3.63, 3.8) is 0 Å². The van der Waals surface area contributed by atoms with Crippen molar-refractivity contribution < 1.29 is 18.0 Å². The van der Waals surface area contributed by atoms with Gasteiger partial charge in [-0.15, -0.1) is 0 Å². The monoisotopic (exact) mass is 413 g/mol. The Morgan fingerprint density at radius 1 is 1.00 bits per heavy atom. The maximum absolute atomic E-state index is 12.8. The summed E-state index contributed by atoms with van der Waals surface area (Å²) < 4.78 is 39.5. The van der Waals surface area contributed by atoms with Gasteiger partial charge in [0.05, 0.1) is 15.8 Å². The third-order valence-electron chi connectivity index (χ3n) is 5.02. The van der Waals surface area contributed by atoms with Gasteiger partial charge in [0.1, 0.15) is 0 Å². The number of rotatable bonds is 2. The number of carbonyl (C=O) groups is 1. The fourth-order valence-electron chi connectivity index (χ4n) is 3.79. The first-order valence-electron chi connectivity index (χ1n) is 8.98. The standard InChI is InChI=1S/C21H14F3N3OS/c22-21(23,24)13-4-2-5-14(10-13)25-19(28)27-20-26-18-15-6-1-3-11-7-8-12(17(11)15)9-16(18)29-20/h1-6,9-10H,7-8H2,(H2,25,26,27,28). The first kappa shape index (κ1) is 17.9. The normalized spacial score (nSPS) is 13.2. The van der Waals surface area contributed by atoms with Crippen LogP contribution in [0, 0.1) is 0 Å². The molecule has 0 radical (unpaired) electrons.